The summed E-state index contributed by atoms with van der Waals surface area (Å²) in [5, 5.41) is 1.51. The zero-order chi connectivity index (χ0) is 7.11. The van der Waals surface area contributed by atoms with E-state index in [0.29, 0.717) is 0 Å². The summed E-state index contributed by atoms with van der Waals surface area (Å²) in [5.41, 5.74) is 0. The third-order valence-electron chi connectivity index (χ3n) is 0.815. The van der Waals surface area contributed by atoms with E-state index >= 15 is 0 Å². The van der Waals surface area contributed by atoms with E-state index in [9.17, 15) is 0 Å². The first-order valence-corrected chi connectivity index (χ1v) is 2.97. The molecule has 0 saturated carbocycles. The predicted molar refractivity (Wildman–Crippen MR) is 39.9 cm³/mol. The number of hydrogen-bond donors (Lipinski definition) is 1. The van der Waals surface area contributed by atoms with Crippen LogP contribution in [-0.4, -0.2) is 17.9 Å². The standard InChI is InChI=1S/C6H13N3/c1-3-5-8-6-9(7)4-2/h3,5-6H,4,7H2,1-2H3/b5-3+,8-6-. The third kappa shape index (κ3) is 5.03. The highest BCUT2D eigenvalue weighted by molar-refractivity contribution is 5.54. The summed E-state index contributed by atoms with van der Waals surface area (Å²) in [6, 6.07) is 0. The van der Waals surface area contributed by atoms with Crippen LogP contribution in [0, 0.1) is 0 Å². The molecule has 0 aromatic heterocycles. The van der Waals surface area contributed by atoms with Crippen LogP contribution in [0.3, 0.4) is 0 Å². The second-order valence-corrected chi connectivity index (χ2v) is 1.58. The Morgan fingerprint density at radius 3 is 2.78 bits per heavy atom. The molecule has 0 aliphatic rings. The first kappa shape index (κ1) is 8.17. The summed E-state index contributed by atoms with van der Waals surface area (Å²) < 4.78 is 0. The van der Waals surface area contributed by atoms with Crippen molar-refractivity contribution < 1.29 is 0 Å². The molecule has 0 heterocycles. The highest BCUT2D eigenvalue weighted by atomic mass is 15.4. The molecule has 0 unspecified atom stereocenters. The first-order valence-electron chi connectivity index (χ1n) is 2.97. The Bertz CT molecular complexity index is 107. The van der Waals surface area contributed by atoms with Crippen LogP contribution in [0.2, 0.25) is 0 Å². The lowest BCUT2D eigenvalue weighted by Crippen LogP contribution is -2.28. The van der Waals surface area contributed by atoms with Crippen LogP contribution >= 0.6 is 0 Å². The van der Waals surface area contributed by atoms with Gasteiger partial charge in [-0.15, -0.1) is 0 Å². The van der Waals surface area contributed by atoms with Gasteiger partial charge in [-0.3, -0.25) is 0 Å². The number of hydrogen-bond acceptors (Lipinski definition) is 2. The van der Waals surface area contributed by atoms with Gasteiger partial charge in [0.1, 0.15) is 6.34 Å². The summed E-state index contributed by atoms with van der Waals surface area (Å²) >= 11 is 0. The van der Waals surface area contributed by atoms with Crippen LogP contribution in [0.25, 0.3) is 0 Å². The maximum absolute atomic E-state index is 5.36. The SMILES string of the molecule is C/C=C/N=C\N(N)CC. The van der Waals surface area contributed by atoms with Gasteiger partial charge in [0.25, 0.3) is 0 Å². The quantitative estimate of drug-likeness (QED) is 0.263. The van der Waals surface area contributed by atoms with Gasteiger partial charge in [-0.1, -0.05) is 6.08 Å². The van der Waals surface area contributed by atoms with Crippen molar-refractivity contribution in [1.82, 2.24) is 5.01 Å². The molecule has 3 nitrogen and oxygen atoms in total. The molecule has 2 N–H and O–H groups in total. The molecule has 9 heavy (non-hydrogen) atoms. The van der Waals surface area contributed by atoms with E-state index in [1.165, 1.54) is 5.01 Å². The highest BCUT2D eigenvalue weighted by Gasteiger charge is 1.79. The fourth-order valence-corrected chi connectivity index (χ4v) is 0.292. The zero-order valence-corrected chi connectivity index (χ0v) is 5.91. The van der Waals surface area contributed by atoms with Crippen LogP contribution < -0.4 is 5.84 Å². The fourth-order valence-electron chi connectivity index (χ4n) is 0.292. The molecular weight excluding hydrogens is 114 g/mol. The van der Waals surface area contributed by atoms with E-state index in [2.05, 4.69) is 4.99 Å². The number of nitrogens with two attached hydrogens (primary N) is 1. The van der Waals surface area contributed by atoms with Crippen molar-refractivity contribution >= 4 is 6.34 Å². The minimum Gasteiger partial charge on any atom is -0.301 e. The van der Waals surface area contributed by atoms with Gasteiger partial charge in [0.15, 0.2) is 0 Å². The van der Waals surface area contributed by atoms with Crippen molar-refractivity contribution in [2.24, 2.45) is 10.8 Å². The van der Waals surface area contributed by atoms with Crippen LogP contribution in [0.1, 0.15) is 13.8 Å². The van der Waals surface area contributed by atoms with Gasteiger partial charge in [-0.05, 0) is 13.8 Å². The average Bonchev–Trinajstić information content (AvgIpc) is 1.89. The Balaban J connectivity index is 3.43. The van der Waals surface area contributed by atoms with Crippen molar-refractivity contribution in [2.45, 2.75) is 13.8 Å². The summed E-state index contributed by atoms with van der Waals surface area (Å²) in [6.45, 7) is 4.65. The van der Waals surface area contributed by atoms with Crippen molar-refractivity contribution in [2.75, 3.05) is 6.54 Å². The number of nitrogens with zero attached hydrogens (tertiary/aromatic N) is 2. The summed E-state index contributed by atoms with van der Waals surface area (Å²) in [7, 11) is 0. The number of aliphatic imine (C=N–C) groups is 1. The van der Waals surface area contributed by atoms with Crippen molar-refractivity contribution in [3.63, 3.8) is 0 Å². The number of allylic oxidation sites excluding steroid dienone is 1. The van der Waals surface area contributed by atoms with Crippen molar-refractivity contribution in [1.29, 1.82) is 0 Å². The molecule has 0 spiro atoms. The van der Waals surface area contributed by atoms with Gasteiger partial charge in [0, 0.05) is 12.7 Å². The maximum Gasteiger partial charge on any atom is 0.104 e. The Morgan fingerprint density at radius 1 is 1.67 bits per heavy atom. The van der Waals surface area contributed by atoms with E-state index in [4.69, 9.17) is 5.84 Å². The van der Waals surface area contributed by atoms with Gasteiger partial charge < -0.3 is 5.01 Å². The monoisotopic (exact) mass is 127 g/mol. The Hall–Kier alpha value is -0.830. The highest BCUT2D eigenvalue weighted by Crippen LogP contribution is 1.73. The topological polar surface area (TPSA) is 41.6 Å². The molecule has 0 rings (SSSR count). The van der Waals surface area contributed by atoms with Crippen LogP contribution in [0.15, 0.2) is 17.3 Å². The fraction of sp³-hybridized carbons (Fsp3) is 0.500. The number of rotatable bonds is 3. The zero-order valence-electron chi connectivity index (χ0n) is 5.91. The summed E-state index contributed by atoms with van der Waals surface area (Å²) in [4.78, 5) is 3.86. The summed E-state index contributed by atoms with van der Waals surface area (Å²) in [5.74, 6) is 5.36. The second kappa shape index (κ2) is 5.31. The van der Waals surface area contributed by atoms with Crippen molar-refractivity contribution in [3.05, 3.63) is 12.3 Å². The average molecular weight is 127 g/mol. The first-order chi connectivity index (χ1) is 4.31. The van der Waals surface area contributed by atoms with Gasteiger partial charge in [-0.2, -0.15) is 0 Å². The Kier molecular flexibility index (Phi) is 4.82. The van der Waals surface area contributed by atoms with Crippen LogP contribution in [0.4, 0.5) is 0 Å². The maximum atomic E-state index is 5.36. The molecular formula is C6H13N3. The van der Waals surface area contributed by atoms with E-state index in [0.717, 1.165) is 6.54 Å². The molecule has 0 fully saturated rings. The molecule has 0 atom stereocenters. The lowest BCUT2D eigenvalue weighted by molar-refractivity contribution is 0.480. The molecule has 0 aromatic rings. The van der Waals surface area contributed by atoms with E-state index < -0.39 is 0 Å². The van der Waals surface area contributed by atoms with Gasteiger partial charge >= 0.3 is 0 Å². The normalized spacial score (nSPS) is 11.4. The molecule has 3 heteroatoms. The molecule has 0 aromatic carbocycles. The molecule has 0 amide bonds. The van der Waals surface area contributed by atoms with Gasteiger partial charge in [0.05, 0.1) is 0 Å². The van der Waals surface area contributed by atoms with Gasteiger partial charge in [-0.25, -0.2) is 10.8 Å². The lowest BCUT2D eigenvalue weighted by Gasteiger charge is -2.05. The molecule has 0 radical (unpaired) electrons. The molecule has 52 valence electrons. The van der Waals surface area contributed by atoms with Gasteiger partial charge in [0.2, 0.25) is 0 Å². The molecule has 0 aliphatic carbocycles. The van der Waals surface area contributed by atoms with E-state index in [-0.39, 0.29) is 0 Å². The van der Waals surface area contributed by atoms with E-state index in [1.807, 2.05) is 19.9 Å². The second-order valence-electron chi connectivity index (χ2n) is 1.58. The molecule has 0 saturated heterocycles. The van der Waals surface area contributed by atoms with Crippen molar-refractivity contribution in [3.8, 4) is 0 Å². The largest absolute Gasteiger partial charge is 0.301 e. The van der Waals surface area contributed by atoms with Crippen LogP contribution in [0.5, 0.6) is 0 Å². The molecule has 0 aliphatic heterocycles. The Labute approximate surface area is 55.8 Å². The third-order valence-corrected chi connectivity index (χ3v) is 0.815. The molecule has 0 bridgehead atoms. The lowest BCUT2D eigenvalue weighted by atomic mass is 10.7. The van der Waals surface area contributed by atoms with Crippen LogP contribution in [-0.2, 0) is 0 Å². The minimum atomic E-state index is 0.779. The number of hydrazine groups is 1. The predicted octanol–water partition coefficient (Wildman–Crippen LogP) is 0.744. The summed E-state index contributed by atoms with van der Waals surface area (Å²) in [6.07, 6.45) is 5.12. The Morgan fingerprint density at radius 2 is 2.33 bits per heavy atom. The van der Waals surface area contributed by atoms with E-state index in [1.54, 1.807) is 12.5 Å². The minimum absolute atomic E-state index is 0.779. The smallest absolute Gasteiger partial charge is 0.104 e.